The van der Waals surface area contributed by atoms with Crippen molar-refractivity contribution in [3.8, 4) is 0 Å². The van der Waals surface area contributed by atoms with Crippen molar-refractivity contribution < 1.29 is 4.74 Å². The normalized spacial score (nSPS) is 23.8. The number of unbranched alkanes of at least 4 members (excludes halogenated alkanes) is 1. The van der Waals surface area contributed by atoms with Crippen molar-refractivity contribution in [2.45, 2.75) is 64.7 Å². The molecule has 0 spiro atoms. The quantitative estimate of drug-likeness (QED) is 0.665. The van der Waals surface area contributed by atoms with Crippen LogP contribution in [-0.4, -0.2) is 26.3 Å². The smallest absolute Gasteiger partial charge is 0.0468 e. The van der Waals surface area contributed by atoms with Crippen molar-refractivity contribution in [3.63, 3.8) is 0 Å². The van der Waals surface area contributed by atoms with Crippen molar-refractivity contribution in [2.75, 3.05) is 26.3 Å². The highest BCUT2D eigenvalue weighted by atomic mass is 16.5. The molecule has 0 amide bonds. The summed E-state index contributed by atoms with van der Waals surface area (Å²) in [5.74, 6) is 0.963. The molecule has 0 unspecified atom stereocenters. The summed E-state index contributed by atoms with van der Waals surface area (Å²) in [4.78, 5) is 0. The van der Waals surface area contributed by atoms with E-state index in [-0.39, 0.29) is 0 Å². The van der Waals surface area contributed by atoms with Gasteiger partial charge in [0.15, 0.2) is 0 Å². The molecule has 0 bridgehead atoms. The average Bonchev–Trinajstić information content (AvgIpc) is 2.37. The Morgan fingerprint density at radius 2 is 1.94 bits per heavy atom. The van der Waals surface area contributed by atoms with Crippen LogP contribution in [0, 0.1) is 11.3 Å². The summed E-state index contributed by atoms with van der Waals surface area (Å²) >= 11 is 0. The molecule has 0 aromatic carbocycles. The van der Waals surface area contributed by atoms with E-state index in [1.807, 2.05) is 0 Å². The first-order valence-corrected chi connectivity index (χ1v) is 8.13. The number of nitrogens with one attached hydrogen (secondary N) is 1. The summed E-state index contributed by atoms with van der Waals surface area (Å²) in [6.45, 7) is 6.63. The third-order valence-electron chi connectivity index (χ3n) is 5.07. The fraction of sp³-hybridized carbons (Fsp3) is 1.00. The van der Waals surface area contributed by atoms with Gasteiger partial charge in [-0.15, -0.1) is 0 Å². The Hall–Kier alpha value is -0.0800. The third-order valence-corrected chi connectivity index (χ3v) is 5.07. The highest BCUT2D eigenvalue weighted by Gasteiger charge is 2.35. The minimum Gasteiger partial charge on any atom is -0.381 e. The van der Waals surface area contributed by atoms with Gasteiger partial charge in [-0.3, -0.25) is 0 Å². The maximum Gasteiger partial charge on any atom is 0.0468 e. The lowest BCUT2D eigenvalue weighted by Gasteiger charge is -2.42. The lowest BCUT2D eigenvalue weighted by molar-refractivity contribution is 0.0616. The van der Waals surface area contributed by atoms with Gasteiger partial charge in [0.2, 0.25) is 0 Å². The van der Waals surface area contributed by atoms with Crippen LogP contribution in [0.5, 0.6) is 0 Å². The molecule has 1 saturated heterocycles. The van der Waals surface area contributed by atoms with Crippen molar-refractivity contribution in [1.82, 2.24) is 5.32 Å². The second-order valence-corrected chi connectivity index (χ2v) is 6.44. The van der Waals surface area contributed by atoms with Crippen LogP contribution in [0.3, 0.4) is 0 Å². The molecule has 1 aliphatic heterocycles. The molecule has 2 aliphatic rings. The summed E-state index contributed by atoms with van der Waals surface area (Å²) in [5, 5.41) is 3.56. The Balaban J connectivity index is 1.56. The average molecular weight is 253 g/mol. The molecule has 2 rings (SSSR count). The molecule has 1 heterocycles. The van der Waals surface area contributed by atoms with Crippen LogP contribution in [0.2, 0.25) is 0 Å². The molecular formula is C16H31NO. The largest absolute Gasteiger partial charge is 0.381 e. The topological polar surface area (TPSA) is 21.3 Å². The summed E-state index contributed by atoms with van der Waals surface area (Å²) in [5.41, 5.74) is 0.686. The molecule has 18 heavy (non-hydrogen) atoms. The zero-order chi connectivity index (χ0) is 12.7. The monoisotopic (exact) mass is 253 g/mol. The molecule has 0 radical (unpaired) electrons. The number of hydrogen-bond acceptors (Lipinski definition) is 2. The van der Waals surface area contributed by atoms with Gasteiger partial charge in [0, 0.05) is 19.8 Å². The fourth-order valence-electron chi connectivity index (χ4n) is 3.55. The molecule has 0 aromatic heterocycles. The summed E-state index contributed by atoms with van der Waals surface area (Å²) in [6.07, 6.45) is 12.8. The Morgan fingerprint density at radius 1 is 1.17 bits per heavy atom. The van der Waals surface area contributed by atoms with Crippen LogP contribution in [0.25, 0.3) is 0 Å². The van der Waals surface area contributed by atoms with Gasteiger partial charge in [0.25, 0.3) is 0 Å². The van der Waals surface area contributed by atoms with E-state index >= 15 is 0 Å². The minimum absolute atomic E-state index is 0.686. The fourth-order valence-corrected chi connectivity index (χ4v) is 3.55. The molecule has 106 valence electrons. The predicted octanol–water partition coefficient (Wildman–Crippen LogP) is 3.75. The molecular weight excluding hydrogens is 222 g/mol. The van der Waals surface area contributed by atoms with Crippen molar-refractivity contribution >= 4 is 0 Å². The van der Waals surface area contributed by atoms with E-state index in [2.05, 4.69) is 12.2 Å². The van der Waals surface area contributed by atoms with Crippen LogP contribution in [0.4, 0.5) is 0 Å². The van der Waals surface area contributed by atoms with Gasteiger partial charge in [0.05, 0.1) is 0 Å². The van der Waals surface area contributed by atoms with Crippen LogP contribution >= 0.6 is 0 Å². The Kier molecular flexibility index (Phi) is 5.97. The Morgan fingerprint density at radius 3 is 2.56 bits per heavy atom. The first-order valence-electron chi connectivity index (χ1n) is 8.13. The van der Waals surface area contributed by atoms with Crippen LogP contribution in [0.15, 0.2) is 0 Å². The maximum atomic E-state index is 5.42. The number of rotatable bonds is 8. The maximum absolute atomic E-state index is 5.42. The van der Waals surface area contributed by atoms with E-state index in [1.165, 1.54) is 64.3 Å². The van der Waals surface area contributed by atoms with Crippen molar-refractivity contribution in [1.29, 1.82) is 0 Å². The third kappa shape index (κ3) is 4.24. The molecule has 2 nitrogen and oxygen atoms in total. The van der Waals surface area contributed by atoms with E-state index in [9.17, 15) is 0 Å². The van der Waals surface area contributed by atoms with E-state index in [0.717, 1.165) is 25.7 Å². The number of ether oxygens (including phenoxy) is 1. The molecule has 2 heteroatoms. The van der Waals surface area contributed by atoms with Gasteiger partial charge >= 0.3 is 0 Å². The zero-order valence-electron chi connectivity index (χ0n) is 12.2. The second-order valence-electron chi connectivity index (χ2n) is 6.44. The van der Waals surface area contributed by atoms with E-state index in [1.54, 1.807) is 0 Å². The van der Waals surface area contributed by atoms with E-state index < -0.39 is 0 Å². The lowest BCUT2D eigenvalue weighted by atomic mass is 9.65. The molecule has 0 atom stereocenters. The highest BCUT2D eigenvalue weighted by molar-refractivity contribution is 4.89. The Labute approximate surface area is 113 Å². The predicted molar refractivity (Wildman–Crippen MR) is 76.8 cm³/mol. The van der Waals surface area contributed by atoms with Crippen molar-refractivity contribution in [2.24, 2.45) is 11.3 Å². The van der Waals surface area contributed by atoms with Crippen LogP contribution in [-0.2, 0) is 4.74 Å². The first-order chi connectivity index (χ1) is 8.85. The summed E-state index contributed by atoms with van der Waals surface area (Å²) < 4.78 is 5.42. The summed E-state index contributed by atoms with van der Waals surface area (Å²) in [6, 6.07) is 0. The van der Waals surface area contributed by atoms with Gasteiger partial charge in [-0.2, -0.15) is 0 Å². The van der Waals surface area contributed by atoms with Gasteiger partial charge in [-0.25, -0.2) is 0 Å². The van der Waals surface area contributed by atoms with Gasteiger partial charge in [-0.05, 0) is 50.0 Å². The molecule has 1 aliphatic carbocycles. The molecule has 2 fully saturated rings. The van der Waals surface area contributed by atoms with Crippen LogP contribution in [0.1, 0.15) is 64.7 Å². The second kappa shape index (κ2) is 7.49. The zero-order valence-corrected chi connectivity index (χ0v) is 12.2. The molecule has 1 saturated carbocycles. The van der Waals surface area contributed by atoms with E-state index in [4.69, 9.17) is 4.74 Å². The molecule has 0 aromatic rings. The summed E-state index contributed by atoms with van der Waals surface area (Å²) in [7, 11) is 0. The highest BCUT2D eigenvalue weighted by Crippen LogP contribution is 2.44. The standard InChI is InChI=1S/C16H31NO/c1-2-17-14-16(10-5-11-16)9-4-3-6-15-7-12-18-13-8-15/h15,17H,2-14H2,1H3. The Bertz CT molecular complexity index is 219. The van der Waals surface area contributed by atoms with Gasteiger partial charge in [-0.1, -0.05) is 32.6 Å². The van der Waals surface area contributed by atoms with Gasteiger partial charge in [0.1, 0.15) is 0 Å². The van der Waals surface area contributed by atoms with Crippen molar-refractivity contribution in [3.05, 3.63) is 0 Å². The SMILES string of the molecule is CCNCC1(CCCCC2CCOCC2)CCC1. The van der Waals surface area contributed by atoms with Gasteiger partial charge < -0.3 is 10.1 Å². The molecule has 1 N–H and O–H groups in total. The minimum atomic E-state index is 0.686. The lowest BCUT2D eigenvalue weighted by Crippen LogP contribution is -2.39. The van der Waals surface area contributed by atoms with Crippen LogP contribution < -0.4 is 5.32 Å². The van der Waals surface area contributed by atoms with E-state index in [0.29, 0.717) is 5.41 Å². The number of hydrogen-bond donors (Lipinski definition) is 1. The first kappa shape index (κ1) is 14.3.